The molecule has 0 bridgehead atoms. The van der Waals surface area contributed by atoms with Crippen molar-refractivity contribution in [3.8, 4) is 5.75 Å². The van der Waals surface area contributed by atoms with Crippen LogP contribution in [-0.2, 0) is 6.61 Å². The molecule has 0 saturated carbocycles. The maximum Gasteiger partial charge on any atom is 0.310 e. The largest absolute Gasteiger partial charge is 0.482 e. The molecule has 0 unspecified atom stereocenters. The SMILES string of the molecule is Cc1ccc(NC(=O)c2cc(COc3ccccc3[N+](=O)[O-])cs2)c(C)c1. The van der Waals surface area contributed by atoms with Gasteiger partial charge in [0.05, 0.1) is 9.80 Å². The smallest absolute Gasteiger partial charge is 0.310 e. The summed E-state index contributed by atoms with van der Waals surface area (Å²) < 4.78 is 5.56. The van der Waals surface area contributed by atoms with Crippen LogP contribution in [0.1, 0.15) is 26.4 Å². The number of ether oxygens (including phenoxy) is 1. The van der Waals surface area contributed by atoms with Crippen molar-refractivity contribution in [2.45, 2.75) is 20.5 Å². The molecule has 0 aliphatic rings. The maximum atomic E-state index is 12.5. The van der Waals surface area contributed by atoms with E-state index in [1.165, 1.54) is 17.4 Å². The van der Waals surface area contributed by atoms with Crippen LogP contribution in [0.3, 0.4) is 0 Å². The van der Waals surface area contributed by atoms with E-state index in [2.05, 4.69) is 5.32 Å². The molecule has 0 aliphatic carbocycles. The van der Waals surface area contributed by atoms with Crippen LogP contribution >= 0.6 is 11.3 Å². The van der Waals surface area contributed by atoms with Crippen LogP contribution in [-0.4, -0.2) is 10.8 Å². The van der Waals surface area contributed by atoms with Crippen LogP contribution in [0.4, 0.5) is 11.4 Å². The van der Waals surface area contributed by atoms with Crippen LogP contribution in [0.25, 0.3) is 0 Å². The summed E-state index contributed by atoms with van der Waals surface area (Å²) >= 11 is 1.31. The second kappa shape index (κ2) is 8.01. The molecule has 1 N–H and O–H groups in total. The Morgan fingerprint density at radius 1 is 1.19 bits per heavy atom. The fraction of sp³-hybridized carbons (Fsp3) is 0.150. The summed E-state index contributed by atoms with van der Waals surface area (Å²) in [6.45, 7) is 4.10. The van der Waals surface area contributed by atoms with E-state index in [4.69, 9.17) is 4.74 Å². The second-order valence-corrected chi connectivity index (χ2v) is 7.02. The van der Waals surface area contributed by atoms with Gasteiger partial charge in [-0.2, -0.15) is 0 Å². The second-order valence-electron chi connectivity index (χ2n) is 6.11. The van der Waals surface area contributed by atoms with Crippen molar-refractivity contribution < 1.29 is 14.5 Å². The lowest BCUT2D eigenvalue weighted by atomic mass is 10.1. The van der Waals surface area contributed by atoms with Gasteiger partial charge in [-0.1, -0.05) is 29.8 Å². The summed E-state index contributed by atoms with van der Waals surface area (Å²) in [5.74, 6) is 0.0128. The van der Waals surface area contributed by atoms with Gasteiger partial charge in [0, 0.05) is 17.3 Å². The molecule has 6 nitrogen and oxygen atoms in total. The molecule has 0 spiro atoms. The van der Waals surface area contributed by atoms with Gasteiger partial charge in [0.15, 0.2) is 5.75 Å². The number of carbonyl (C=O) groups is 1. The number of carbonyl (C=O) groups excluding carboxylic acids is 1. The normalized spacial score (nSPS) is 10.4. The van der Waals surface area contributed by atoms with Crippen molar-refractivity contribution in [2.24, 2.45) is 0 Å². The summed E-state index contributed by atoms with van der Waals surface area (Å²) in [5, 5.41) is 15.7. The molecular formula is C20H18N2O4S. The van der Waals surface area contributed by atoms with E-state index in [0.29, 0.717) is 4.88 Å². The van der Waals surface area contributed by atoms with Crippen LogP contribution in [0.2, 0.25) is 0 Å². The number of hydrogen-bond donors (Lipinski definition) is 1. The van der Waals surface area contributed by atoms with E-state index >= 15 is 0 Å². The van der Waals surface area contributed by atoms with Gasteiger partial charge in [-0.25, -0.2) is 0 Å². The van der Waals surface area contributed by atoms with E-state index in [9.17, 15) is 14.9 Å². The number of nitro benzene ring substituents is 1. The van der Waals surface area contributed by atoms with E-state index < -0.39 is 4.92 Å². The summed E-state index contributed by atoms with van der Waals surface area (Å²) in [5.41, 5.74) is 3.61. The van der Waals surface area contributed by atoms with E-state index in [0.717, 1.165) is 22.4 Å². The number of thiophene rings is 1. The van der Waals surface area contributed by atoms with Gasteiger partial charge in [0.1, 0.15) is 6.61 Å². The Bertz CT molecular complexity index is 997. The van der Waals surface area contributed by atoms with Gasteiger partial charge in [0.25, 0.3) is 5.91 Å². The van der Waals surface area contributed by atoms with Gasteiger partial charge in [0.2, 0.25) is 0 Å². The van der Waals surface area contributed by atoms with Crippen molar-refractivity contribution >= 4 is 28.6 Å². The highest BCUT2D eigenvalue weighted by molar-refractivity contribution is 7.12. The third-order valence-electron chi connectivity index (χ3n) is 3.96. The number of para-hydroxylation sites is 2. The van der Waals surface area contributed by atoms with Gasteiger partial charge in [-0.15, -0.1) is 11.3 Å². The molecule has 0 atom stereocenters. The lowest BCUT2D eigenvalue weighted by molar-refractivity contribution is -0.385. The van der Waals surface area contributed by atoms with Gasteiger partial charge in [-0.3, -0.25) is 14.9 Å². The van der Waals surface area contributed by atoms with Gasteiger partial charge >= 0.3 is 5.69 Å². The number of rotatable bonds is 6. The minimum atomic E-state index is -0.480. The van der Waals surface area contributed by atoms with Crippen molar-refractivity contribution in [1.82, 2.24) is 0 Å². The predicted octanol–water partition coefficient (Wildman–Crippen LogP) is 5.10. The first-order valence-electron chi connectivity index (χ1n) is 8.26. The van der Waals surface area contributed by atoms with Crippen LogP contribution in [0.15, 0.2) is 53.9 Å². The number of nitro groups is 1. The van der Waals surface area contributed by atoms with Gasteiger partial charge in [-0.05, 0) is 43.0 Å². The predicted molar refractivity (Wildman–Crippen MR) is 106 cm³/mol. The van der Waals surface area contributed by atoms with E-state index in [-0.39, 0.29) is 24.0 Å². The number of benzene rings is 2. The first kappa shape index (κ1) is 18.6. The fourth-order valence-electron chi connectivity index (χ4n) is 2.60. The molecule has 0 radical (unpaired) electrons. The quantitative estimate of drug-likeness (QED) is 0.475. The zero-order valence-corrected chi connectivity index (χ0v) is 15.7. The van der Waals surface area contributed by atoms with E-state index in [1.54, 1.807) is 24.3 Å². The maximum absolute atomic E-state index is 12.5. The summed E-state index contributed by atoms with van der Waals surface area (Å²) in [6, 6.07) is 13.8. The molecule has 138 valence electrons. The molecule has 3 aromatic rings. The Hall–Kier alpha value is -3.19. The molecule has 3 rings (SSSR count). The molecule has 0 fully saturated rings. The average molecular weight is 382 g/mol. The summed E-state index contributed by atoms with van der Waals surface area (Å²) in [4.78, 5) is 23.5. The third-order valence-corrected chi connectivity index (χ3v) is 4.94. The molecule has 1 heterocycles. The Balaban J connectivity index is 1.66. The van der Waals surface area contributed by atoms with Crippen molar-refractivity contribution in [3.63, 3.8) is 0 Å². The highest BCUT2D eigenvalue weighted by atomic mass is 32.1. The summed E-state index contributed by atoms with van der Waals surface area (Å²) in [7, 11) is 0. The molecular weight excluding hydrogens is 364 g/mol. The lowest BCUT2D eigenvalue weighted by Gasteiger charge is -2.08. The van der Waals surface area contributed by atoms with Crippen molar-refractivity contribution in [1.29, 1.82) is 0 Å². The highest BCUT2D eigenvalue weighted by Gasteiger charge is 2.15. The number of nitrogens with zero attached hydrogens (tertiary/aromatic N) is 1. The number of amides is 1. The van der Waals surface area contributed by atoms with E-state index in [1.807, 2.05) is 37.4 Å². The topological polar surface area (TPSA) is 81.5 Å². The number of nitrogens with one attached hydrogen (secondary N) is 1. The first-order valence-corrected chi connectivity index (χ1v) is 9.14. The Labute approximate surface area is 160 Å². The highest BCUT2D eigenvalue weighted by Crippen LogP contribution is 2.27. The monoisotopic (exact) mass is 382 g/mol. The molecule has 27 heavy (non-hydrogen) atoms. The molecule has 0 saturated heterocycles. The third kappa shape index (κ3) is 4.51. The molecule has 7 heteroatoms. The fourth-order valence-corrected chi connectivity index (χ4v) is 3.39. The van der Waals surface area contributed by atoms with Crippen molar-refractivity contribution in [3.05, 3.63) is 85.6 Å². The van der Waals surface area contributed by atoms with Crippen LogP contribution < -0.4 is 10.1 Å². The summed E-state index contributed by atoms with van der Waals surface area (Å²) in [6.07, 6.45) is 0. The Morgan fingerprint density at radius 2 is 1.96 bits per heavy atom. The molecule has 0 aliphatic heterocycles. The number of hydrogen-bond acceptors (Lipinski definition) is 5. The molecule has 1 aromatic heterocycles. The zero-order chi connectivity index (χ0) is 19.4. The minimum Gasteiger partial charge on any atom is -0.482 e. The molecule has 1 amide bonds. The minimum absolute atomic E-state index is 0.0828. The lowest BCUT2D eigenvalue weighted by Crippen LogP contribution is -2.11. The standard InChI is InChI=1S/C20H18N2O4S/c1-13-7-8-16(14(2)9-13)21-20(23)19-10-15(12-27-19)11-26-18-6-4-3-5-17(18)22(24)25/h3-10,12H,11H2,1-2H3,(H,21,23). The first-order chi connectivity index (χ1) is 12.9. The molecule has 2 aromatic carbocycles. The number of anilines is 1. The number of aryl methyl sites for hydroxylation is 2. The van der Waals surface area contributed by atoms with Crippen molar-refractivity contribution in [2.75, 3.05) is 5.32 Å². The van der Waals surface area contributed by atoms with Crippen LogP contribution in [0, 0.1) is 24.0 Å². The average Bonchev–Trinajstić information content (AvgIpc) is 3.11. The van der Waals surface area contributed by atoms with Crippen LogP contribution in [0.5, 0.6) is 5.75 Å². The Morgan fingerprint density at radius 3 is 2.70 bits per heavy atom. The zero-order valence-electron chi connectivity index (χ0n) is 14.9. The Kier molecular flexibility index (Phi) is 5.52. The van der Waals surface area contributed by atoms with Gasteiger partial charge < -0.3 is 10.1 Å².